The Morgan fingerprint density at radius 3 is 2.12 bits per heavy atom. The van der Waals surface area contributed by atoms with Crippen LogP contribution in [-0.4, -0.2) is 21.9 Å². The summed E-state index contributed by atoms with van der Waals surface area (Å²) in [5, 5.41) is 20.0. The summed E-state index contributed by atoms with van der Waals surface area (Å²) in [6.45, 7) is 8.81. The van der Waals surface area contributed by atoms with E-state index in [0.29, 0.717) is 17.8 Å². The molecule has 1 saturated carbocycles. The summed E-state index contributed by atoms with van der Waals surface area (Å²) in [5.41, 5.74) is -0.248. The Bertz CT molecular complexity index is 209. The van der Waals surface area contributed by atoms with Crippen LogP contribution in [0.15, 0.2) is 0 Å². The van der Waals surface area contributed by atoms with Gasteiger partial charge in [0.25, 0.3) is 0 Å². The van der Waals surface area contributed by atoms with Crippen molar-refractivity contribution in [2.45, 2.75) is 77.9 Å². The first kappa shape index (κ1) is 14.0. The molecule has 1 rings (SSSR count). The van der Waals surface area contributed by atoms with E-state index >= 15 is 0 Å². The maximum absolute atomic E-state index is 10.4. The van der Waals surface area contributed by atoms with Crippen molar-refractivity contribution in [2.24, 2.45) is 11.3 Å². The van der Waals surface area contributed by atoms with E-state index in [4.69, 9.17) is 0 Å². The second kappa shape index (κ2) is 5.05. The van der Waals surface area contributed by atoms with E-state index in [9.17, 15) is 10.2 Å². The molecule has 0 radical (unpaired) electrons. The Balaban J connectivity index is 2.47. The maximum atomic E-state index is 10.4. The van der Waals surface area contributed by atoms with Crippen molar-refractivity contribution >= 4 is 0 Å². The number of hydrogen-bond acceptors (Lipinski definition) is 2. The molecule has 1 aliphatic carbocycles. The normalized spacial score (nSPS) is 33.8. The van der Waals surface area contributed by atoms with Crippen LogP contribution in [0.5, 0.6) is 0 Å². The molecule has 96 valence electrons. The zero-order valence-corrected chi connectivity index (χ0v) is 11.3. The molecule has 0 bridgehead atoms. The predicted octanol–water partition coefficient (Wildman–Crippen LogP) is 3.11. The van der Waals surface area contributed by atoms with E-state index in [1.165, 1.54) is 0 Å². The highest BCUT2D eigenvalue weighted by Gasteiger charge is 2.38. The van der Waals surface area contributed by atoms with Crippen LogP contribution in [0.4, 0.5) is 0 Å². The summed E-state index contributed by atoms with van der Waals surface area (Å²) in [6.07, 6.45) is 4.85. The molecular formula is C14H28O2. The van der Waals surface area contributed by atoms with Crippen LogP contribution >= 0.6 is 0 Å². The van der Waals surface area contributed by atoms with E-state index in [2.05, 4.69) is 20.8 Å². The van der Waals surface area contributed by atoms with Crippen LogP contribution in [0.1, 0.15) is 66.2 Å². The SMILES string of the molecule is CCC(O)CC1(O)CCC(C(C)(C)C)CC1. The average Bonchev–Trinajstić information content (AvgIpc) is 2.16. The van der Waals surface area contributed by atoms with Gasteiger partial charge in [-0.3, -0.25) is 0 Å². The highest BCUT2D eigenvalue weighted by atomic mass is 16.3. The Labute approximate surface area is 100 Å². The monoisotopic (exact) mass is 228 g/mol. The van der Waals surface area contributed by atoms with Crippen LogP contribution in [0, 0.1) is 11.3 Å². The van der Waals surface area contributed by atoms with Crippen molar-refractivity contribution in [3.8, 4) is 0 Å². The standard InChI is InChI=1S/C14H28O2/c1-5-12(15)10-14(16)8-6-11(7-9-14)13(2,3)4/h11-12,15-16H,5-10H2,1-4H3. The van der Waals surface area contributed by atoms with E-state index in [0.717, 1.165) is 32.1 Å². The van der Waals surface area contributed by atoms with Gasteiger partial charge in [-0.25, -0.2) is 0 Å². The van der Waals surface area contributed by atoms with E-state index in [1.807, 2.05) is 6.92 Å². The summed E-state index contributed by atoms with van der Waals surface area (Å²) < 4.78 is 0. The van der Waals surface area contributed by atoms with E-state index in [-0.39, 0.29) is 6.10 Å². The third kappa shape index (κ3) is 3.74. The Kier molecular flexibility index (Phi) is 4.42. The Morgan fingerprint density at radius 2 is 1.75 bits per heavy atom. The largest absolute Gasteiger partial charge is 0.393 e. The van der Waals surface area contributed by atoms with Gasteiger partial charge in [0, 0.05) is 6.42 Å². The van der Waals surface area contributed by atoms with Crippen molar-refractivity contribution < 1.29 is 10.2 Å². The van der Waals surface area contributed by atoms with Gasteiger partial charge in [-0.15, -0.1) is 0 Å². The van der Waals surface area contributed by atoms with E-state index < -0.39 is 5.60 Å². The summed E-state index contributed by atoms with van der Waals surface area (Å²) in [6, 6.07) is 0. The second-order valence-electron chi connectivity index (χ2n) is 6.63. The lowest BCUT2D eigenvalue weighted by atomic mass is 9.67. The molecule has 16 heavy (non-hydrogen) atoms. The molecule has 0 aromatic rings. The van der Waals surface area contributed by atoms with Gasteiger partial charge in [0.05, 0.1) is 11.7 Å². The summed E-state index contributed by atoms with van der Waals surface area (Å²) >= 11 is 0. The topological polar surface area (TPSA) is 40.5 Å². The molecule has 0 spiro atoms. The van der Waals surface area contributed by atoms with Crippen molar-refractivity contribution in [2.75, 3.05) is 0 Å². The summed E-state index contributed by atoms with van der Waals surface area (Å²) in [7, 11) is 0. The Morgan fingerprint density at radius 1 is 1.25 bits per heavy atom. The van der Waals surface area contributed by atoms with Gasteiger partial charge >= 0.3 is 0 Å². The molecule has 2 heteroatoms. The fourth-order valence-corrected chi connectivity index (χ4v) is 2.81. The highest BCUT2D eigenvalue weighted by Crippen LogP contribution is 2.42. The van der Waals surface area contributed by atoms with Gasteiger partial charge < -0.3 is 10.2 Å². The van der Waals surface area contributed by atoms with Gasteiger partial charge in [0.2, 0.25) is 0 Å². The van der Waals surface area contributed by atoms with Gasteiger partial charge in [0.15, 0.2) is 0 Å². The van der Waals surface area contributed by atoms with Crippen LogP contribution < -0.4 is 0 Å². The number of aliphatic hydroxyl groups excluding tert-OH is 1. The lowest BCUT2D eigenvalue weighted by Crippen LogP contribution is -2.39. The highest BCUT2D eigenvalue weighted by molar-refractivity contribution is 4.90. The van der Waals surface area contributed by atoms with Crippen LogP contribution in [0.3, 0.4) is 0 Å². The molecular weight excluding hydrogens is 200 g/mol. The molecule has 1 fully saturated rings. The third-order valence-electron chi connectivity index (χ3n) is 4.23. The van der Waals surface area contributed by atoms with Gasteiger partial charge in [-0.1, -0.05) is 27.7 Å². The molecule has 2 N–H and O–H groups in total. The van der Waals surface area contributed by atoms with Crippen molar-refractivity contribution in [3.63, 3.8) is 0 Å². The van der Waals surface area contributed by atoms with Gasteiger partial charge in [-0.05, 0) is 43.4 Å². The molecule has 0 aliphatic heterocycles. The minimum atomic E-state index is -0.600. The number of rotatable bonds is 3. The summed E-state index contributed by atoms with van der Waals surface area (Å²) in [5.74, 6) is 0.714. The molecule has 1 unspecified atom stereocenters. The molecule has 1 atom stereocenters. The molecule has 1 aliphatic rings. The minimum absolute atomic E-state index is 0.337. The molecule has 0 heterocycles. The molecule has 2 nitrogen and oxygen atoms in total. The molecule has 0 aromatic carbocycles. The van der Waals surface area contributed by atoms with Gasteiger partial charge in [-0.2, -0.15) is 0 Å². The first-order valence-corrected chi connectivity index (χ1v) is 6.67. The fourth-order valence-electron chi connectivity index (χ4n) is 2.81. The van der Waals surface area contributed by atoms with Gasteiger partial charge in [0.1, 0.15) is 0 Å². The van der Waals surface area contributed by atoms with E-state index in [1.54, 1.807) is 0 Å². The number of hydrogen-bond donors (Lipinski definition) is 2. The maximum Gasteiger partial charge on any atom is 0.0672 e. The average molecular weight is 228 g/mol. The Hall–Kier alpha value is -0.0800. The third-order valence-corrected chi connectivity index (χ3v) is 4.23. The summed E-state index contributed by atoms with van der Waals surface area (Å²) in [4.78, 5) is 0. The van der Waals surface area contributed by atoms with Crippen molar-refractivity contribution in [1.82, 2.24) is 0 Å². The lowest BCUT2D eigenvalue weighted by Gasteiger charge is -2.42. The van der Waals surface area contributed by atoms with Crippen molar-refractivity contribution in [3.05, 3.63) is 0 Å². The zero-order valence-electron chi connectivity index (χ0n) is 11.3. The smallest absolute Gasteiger partial charge is 0.0672 e. The fraction of sp³-hybridized carbons (Fsp3) is 1.00. The predicted molar refractivity (Wildman–Crippen MR) is 67.3 cm³/mol. The number of aliphatic hydroxyl groups is 2. The quantitative estimate of drug-likeness (QED) is 0.779. The molecule has 0 aromatic heterocycles. The molecule has 0 amide bonds. The lowest BCUT2D eigenvalue weighted by molar-refractivity contribution is -0.0577. The first-order chi connectivity index (χ1) is 7.27. The second-order valence-corrected chi connectivity index (χ2v) is 6.63. The van der Waals surface area contributed by atoms with Crippen LogP contribution in [0.2, 0.25) is 0 Å². The first-order valence-electron chi connectivity index (χ1n) is 6.67. The van der Waals surface area contributed by atoms with Crippen LogP contribution in [0.25, 0.3) is 0 Å². The zero-order chi connectivity index (χ0) is 12.4. The van der Waals surface area contributed by atoms with Crippen molar-refractivity contribution in [1.29, 1.82) is 0 Å². The van der Waals surface area contributed by atoms with Crippen LogP contribution in [-0.2, 0) is 0 Å². The minimum Gasteiger partial charge on any atom is -0.393 e. The molecule has 0 saturated heterocycles.